The minimum Gasteiger partial charge on any atom is -0.406 e. The highest BCUT2D eigenvalue weighted by Crippen LogP contribution is 2.30. The first-order valence-corrected chi connectivity index (χ1v) is 5.64. The number of hydrogen-bond donors (Lipinski definition) is 3. The second kappa shape index (κ2) is 5.87. The average molecular weight is 330 g/mol. The van der Waals surface area contributed by atoms with Crippen LogP contribution in [0.4, 0.5) is 13.2 Å². The lowest BCUT2D eigenvalue weighted by Gasteiger charge is -2.18. The van der Waals surface area contributed by atoms with Crippen molar-refractivity contribution in [1.82, 2.24) is 0 Å². The lowest BCUT2D eigenvalue weighted by atomic mass is 10.0. The molecule has 0 saturated carbocycles. The molecular formula is C10H11BrF3NO3. The molecule has 4 N–H and O–H groups in total. The van der Waals surface area contributed by atoms with Gasteiger partial charge in [0.25, 0.3) is 0 Å². The third-order valence-electron chi connectivity index (χ3n) is 2.07. The van der Waals surface area contributed by atoms with Crippen molar-refractivity contribution in [3.63, 3.8) is 0 Å². The van der Waals surface area contributed by atoms with Gasteiger partial charge >= 0.3 is 6.36 Å². The predicted molar refractivity (Wildman–Crippen MR) is 60.8 cm³/mol. The van der Waals surface area contributed by atoms with Crippen molar-refractivity contribution >= 4 is 15.9 Å². The van der Waals surface area contributed by atoms with E-state index in [0.29, 0.717) is 0 Å². The van der Waals surface area contributed by atoms with Crippen LogP contribution in [0, 0.1) is 0 Å². The fourth-order valence-corrected chi connectivity index (χ4v) is 1.79. The Morgan fingerprint density at radius 1 is 1.28 bits per heavy atom. The van der Waals surface area contributed by atoms with E-state index < -0.39 is 24.3 Å². The second-order valence-electron chi connectivity index (χ2n) is 3.52. The first kappa shape index (κ1) is 15.2. The van der Waals surface area contributed by atoms with Crippen LogP contribution in [-0.4, -0.2) is 29.2 Å². The third kappa shape index (κ3) is 4.45. The van der Waals surface area contributed by atoms with Crippen molar-refractivity contribution in [2.45, 2.75) is 18.6 Å². The summed E-state index contributed by atoms with van der Waals surface area (Å²) >= 11 is 2.99. The molecule has 0 fully saturated rings. The number of aliphatic hydroxyl groups excluding tert-OH is 2. The van der Waals surface area contributed by atoms with Gasteiger partial charge in [0.2, 0.25) is 0 Å². The zero-order valence-corrected chi connectivity index (χ0v) is 10.6. The minimum absolute atomic E-state index is 0.0709. The van der Waals surface area contributed by atoms with E-state index in [-0.39, 0.29) is 16.6 Å². The maximum Gasteiger partial charge on any atom is 0.573 e. The number of rotatable bonds is 4. The summed E-state index contributed by atoms with van der Waals surface area (Å²) in [5.41, 5.74) is 5.23. The fraction of sp³-hybridized carbons (Fsp3) is 0.400. The molecule has 0 aromatic heterocycles. The zero-order valence-electron chi connectivity index (χ0n) is 8.99. The molecule has 4 nitrogen and oxygen atoms in total. The summed E-state index contributed by atoms with van der Waals surface area (Å²) in [5, 5.41) is 19.0. The molecule has 0 aliphatic rings. The van der Waals surface area contributed by atoms with Crippen molar-refractivity contribution in [2.75, 3.05) is 6.54 Å². The fourth-order valence-electron chi connectivity index (χ4n) is 1.30. The van der Waals surface area contributed by atoms with Gasteiger partial charge in [0.05, 0.1) is 6.10 Å². The lowest BCUT2D eigenvalue weighted by Crippen LogP contribution is -2.27. The molecule has 0 bridgehead atoms. The van der Waals surface area contributed by atoms with Crippen LogP contribution in [0.3, 0.4) is 0 Å². The van der Waals surface area contributed by atoms with Crippen molar-refractivity contribution in [3.8, 4) is 5.75 Å². The Morgan fingerprint density at radius 2 is 1.89 bits per heavy atom. The van der Waals surface area contributed by atoms with Crippen LogP contribution in [0.1, 0.15) is 11.7 Å². The molecule has 1 rings (SSSR count). The smallest absolute Gasteiger partial charge is 0.406 e. The summed E-state index contributed by atoms with van der Waals surface area (Å²) in [6, 6.07) is 3.45. The summed E-state index contributed by atoms with van der Waals surface area (Å²) in [6.45, 7) is -0.219. The second-order valence-corrected chi connectivity index (χ2v) is 4.43. The van der Waals surface area contributed by atoms with Gasteiger partial charge in [-0.15, -0.1) is 13.2 Å². The van der Waals surface area contributed by atoms with Gasteiger partial charge < -0.3 is 20.7 Å². The number of ether oxygens (including phenoxy) is 1. The number of alkyl halides is 3. The molecule has 1 aromatic carbocycles. The van der Waals surface area contributed by atoms with Gasteiger partial charge in [0.15, 0.2) is 0 Å². The van der Waals surface area contributed by atoms with E-state index >= 15 is 0 Å². The zero-order chi connectivity index (χ0) is 13.9. The number of halogens is 4. The Balaban J connectivity index is 3.01. The van der Waals surface area contributed by atoms with Gasteiger partial charge in [-0.1, -0.05) is 15.9 Å². The Labute approximate surface area is 109 Å². The maximum absolute atomic E-state index is 12.1. The molecule has 0 aliphatic heterocycles. The van der Waals surface area contributed by atoms with Crippen LogP contribution in [-0.2, 0) is 0 Å². The van der Waals surface area contributed by atoms with E-state index in [0.717, 1.165) is 12.1 Å². The van der Waals surface area contributed by atoms with Crippen LogP contribution in [0.15, 0.2) is 22.7 Å². The van der Waals surface area contributed by atoms with E-state index in [1.54, 1.807) is 0 Å². The first-order chi connectivity index (χ1) is 8.23. The molecule has 1 aromatic rings. The quantitative estimate of drug-likeness (QED) is 0.786. The van der Waals surface area contributed by atoms with Crippen molar-refractivity contribution in [1.29, 1.82) is 0 Å². The van der Waals surface area contributed by atoms with Crippen LogP contribution in [0.5, 0.6) is 5.75 Å². The summed E-state index contributed by atoms with van der Waals surface area (Å²) in [5.74, 6) is -0.491. The molecule has 2 unspecified atom stereocenters. The standard InChI is InChI=1S/C10H11BrF3NO3/c11-6-1-5(9(17)8(16)4-15)2-7(3-6)18-10(12,13)14/h1-3,8-9,16-17H,4,15H2. The Morgan fingerprint density at radius 3 is 2.39 bits per heavy atom. The first-order valence-electron chi connectivity index (χ1n) is 4.85. The summed E-state index contributed by atoms with van der Waals surface area (Å²) < 4.78 is 40.2. The Bertz CT molecular complexity index is 414. The van der Waals surface area contributed by atoms with E-state index in [2.05, 4.69) is 20.7 Å². The lowest BCUT2D eigenvalue weighted by molar-refractivity contribution is -0.274. The van der Waals surface area contributed by atoms with Gasteiger partial charge in [0.1, 0.15) is 11.9 Å². The van der Waals surface area contributed by atoms with Crippen LogP contribution >= 0.6 is 15.9 Å². The molecule has 0 aliphatic carbocycles. The maximum atomic E-state index is 12.1. The molecule has 0 saturated heterocycles. The van der Waals surface area contributed by atoms with Crippen molar-refractivity contribution in [3.05, 3.63) is 28.2 Å². The number of benzene rings is 1. The van der Waals surface area contributed by atoms with Gasteiger partial charge in [-0.25, -0.2) is 0 Å². The molecule has 0 amide bonds. The predicted octanol–water partition coefficient (Wildman–Crippen LogP) is 1.70. The van der Waals surface area contributed by atoms with Crippen LogP contribution in [0.2, 0.25) is 0 Å². The third-order valence-corrected chi connectivity index (χ3v) is 2.53. The summed E-state index contributed by atoms with van der Waals surface area (Å²) in [6.07, 6.45) is -7.48. The summed E-state index contributed by atoms with van der Waals surface area (Å²) in [7, 11) is 0. The van der Waals surface area contributed by atoms with Gasteiger partial charge in [-0.05, 0) is 23.8 Å². The molecule has 102 valence electrons. The normalized spacial score (nSPS) is 15.3. The van der Waals surface area contributed by atoms with Crippen molar-refractivity contribution < 1.29 is 28.1 Å². The van der Waals surface area contributed by atoms with E-state index in [9.17, 15) is 23.4 Å². The molecule has 0 heterocycles. The molecular weight excluding hydrogens is 319 g/mol. The SMILES string of the molecule is NCC(O)C(O)c1cc(Br)cc(OC(F)(F)F)c1. The molecule has 0 spiro atoms. The van der Waals surface area contributed by atoms with Crippen LogP contribution in [0.25, 0.3) is 0 Å². The van der Waals surface area contributed by atoms with E-state index in [1.165, 1.54) is 6.07 Å². The largest absolute Gasteiger partial charge is 0.573 e. The Kier molecular flexibility index (Phi) is 4.97. The number of aliphatic hydroxyl groups is 2. The highest BCUT2D eigenvalue weighted by molar-refractivity contribution is 9.10. The number of hydrogen-bond acceptors (Lipinski definition) is 4. The van der Waals surface area contributed by atoms with Crippen molar-refractivity contribution in [2.24, 2.45) is 5.73 Å². The highest BCUT2D eigenvalue weighted by Gasteiger charge is 2.31. The molecule has 2 atom stereocenters. The van der Waals surface area contributed by atoms with Gasteiger partial charge in [0, 0.05) is 11.0 Å². The molecule has 18 heavy (non-hydrogen) atoms. The van der Waals surface area contributed by atoms with Gasteiger partial charge in [-0.3, -0.25) is 0 Å². The van der Waals surface area contributed by atoms with Gasteiger partial charge in [-0.2, -0.15) is 0 Å². The summed E-state index contributed by atoms with van der Waals surface area (Å²) in [4.78, 5) is 0. The van der Waals surface area contributed by atoms with E-state index in [4.69, 9.17) is 5.73 Å². The average Bonchev–Trinajstić information content (AvgIpc) is 2.23. The highest BCUT2D eigenvalue weighted by atomic mass is 79.9. The monoisotopic (exact) mass is 329 g/mol. The minimum atomic E-state index is -4.82. The molecule has 0 radical (unpaired) electrons. The van der Waals surface area contributed by atoms with Crippen LogP contribution < -0.4 is 10.5 Å². The molecule has 8 heteroatoms. The van der Waals surface area contributed by atoms with E-state index in [1.807, 2.05) is 0 Å². The topological polar surface area (TPSA) is 75.7 Å². The Hall–Kier alpha value is -0.830. The number of nitrogens with two attached hydrogens (primary N) is 1.